The predicted octanol–water partition coefficient (Wildman–Crippen LogP) is 0.989. The highest BCUT2D eigenvalue weighted by Gasteiger charge is 2.34. The molecule has 0 saturated carbocycles. The number of nitrogens with two attached hydrogens (primary N) is 1. The fraction of sp³-hybridized carbons (Fsp3) is 0.818. The van der Waals surface area contributed by atoms with Crippen LogP contribution < -0.4 is 5.73 Å². The monoisotopic (exact) mass is 273 g/mol. The van der Waals surface area contributed by atoms with E-state index in [1.54, 1.807) is 0 Å². The van der Waals surface area contributed by atoms with E-state index in [1.807, 2.05) is 6.92 Å². The second-order valence-corrected chi connectivity index (χ2v) is 7.08. The van der Waals surface area contributed by atoms with E-state index in [-0.39, 0.29) is 17.7 Å². The Morgan fingerprint density at radius 1 is 1.50 bits per heavy atom. The molecule has 2 atom stereocenters. The van der Waals surface area contributed by atoms with E-state index in [1.165, 1.54) is 0 Å². The van der Waals surface area contributed by atoms with Crippen molar-refractivity contribution in [3.05, 3.63) is 11.7 Å². The van der Waals surface area contributed by atoms with Crippen molar-refractivity contribution in [2.24, 2.45) is 5.73 Å². The summed E-state index contributed by atoms with van der Waals surface area (Å²) in [4.78, 5) is 4.18. The molecule has 2 unspecified atom stereocenters. The number of hydrogen-bond donors (Lipinski definition) is 1. The second-order valence-electron chi connectivity index (χ2n) is 4.77. The SMILES string of the molecule is CCC(N)Cc1noc(C2CCCCS2(=O)=O)n1. The van der Waals surface area contributed by atoms with Crippen LogP contribution in [-0.4, -0.2) is 30.4 Å². The highest BCUT2D eigenvalue weighted by atomic mass is 32.2. The minimum absolute atomic E-state index is 0.0154. The average Bonchev–Trinajstić information content (AvgIpc) is 2.76. The lowest BCUT2D eigenvalue weighted by Crippen LogP contribution is -2.23. The number of aromatic nitrogens is 2. The van der Waals surface area contributed by atoms with Gasteiger partial charge in [0.1, 0.15) is 5.25 Å². The molecule has 0 radical (unpaired) electrons. The third-order valence-electron chi connectivity index (χ3n) is 3.31. The molecule has 2 heterocycles. The van der Waals surface area contributed by atoms with Gasteiger partial charge in [0.25, 0.3) is 0 Å². The first kappa shape index (κ1) is 13.5. The van der Waals surface area contributed by atoms with Crippen molar-refractivity contribution in [1.29, 1.82) is 0 Å². The lowest BCUT2D eigenvalue weighted by Gasteiger charge is -2.18. The summed E-state index contributed by atoms with van der Waals surface area (Å²) in [5, 5.41) is 3.19. The summed E-state index contributed by atoms with van der Waals surface area (Å²) < 4.78 is 28.9. The van der Waals surface area contributed by atoms with Crippen LogP contribution in [0.1, 0.15) is 49.6 Å². The largest absolute Gasteiger partial charge is 0.338 e. The van der Waals surface area contributed by atoms with Gasteiger partial charge >= 0.3 is 0 Å². The zero-order valence-electron chi connectivity index (χ0n) is 10.5. The van der Waals surface area contributed by atoms with Crippen LogP contribution in [0, 0.1) is 0 Å². The summed E-state index contributed by atoms with van der Waals surface area (Å²) in [7, 11) is -3.12. The van der Waals surface area contributed by atoms with E-state index in [4.69, 9.17) is 10.3 Å². The molecule has 1 aliphatic heterocycles. The van der Waals surface area contributed by atoms with Crippen molar-refractivity contribution in [3.8, 4) is 0 Å². The van der Waals surface area contributed by atoms with E-state index in [2.05, 4.69) is 10.1 Å². The molecule has 1 aromatic rings. The molecule has 1 aliphatic rings. The Morgan fingerprint density at radius 2 is 2.28 bits per heavy atom. The lowest BCUT2D eigenvalue weighted by atomic mass is 10.1. The van der Waals surface area contributed by atoms with E-state index in [0.29, 0.717) is 18.7 Å². The molecule has 2 N–H and O–H groups in total. The Bertz CT molecular complexity index is 497. The molecule has 0 aliphatic carbocycles. The molecule has 0 spiro atoms. The van der Waals surface area contributed by atoms with Crippen LogP contribution in [0.4, 0.5) is 0 Å². The van der Waals surface area contributed by atoms with Gasteiger partial charge in [0, 0.05) is 12.5 Å². The van der Waals surface area contributed by atoms with Gasteiger partial charge in [-0.2, -0.15) is 4.98 Å². The quantitative estimate of drug-likeness (QED) is 0.878. The van der Waals surface area contributed by atoms with Gasteiger partial charge in [-0.3, -0.25) is 0 Å². The van der Waals surface area contributed by atoms with Crippen molar-refractivity contribution < 1.29 is 12.9 Å². The minimum atomic E-state index is -3.12. The molecule has 7 heteroatoms. The summed E-state index contributed by atoms with van der Waals surface area (Å²) in [6.07, 6.45) is 3.53. The normalized spacial score (nSPS) is 24.9. The fourth-order valence-corrected chi connectivity index (χ4v) is 3.91. The van der Waals surface area contributed by atoms with Gasteiger partial charge in [-0.25, -0.2) is 8.42 Å². The van der Waals surface area contributed by atoms with Crippen molar-refractivity contribution in [3.63, 3.8) is 0 Å². The maximum Gasteiger partial charge on any atom is 0.244 e. The zero-order chi connectivity index (χ0) is 13.2. The predicted molar refractivity (Wildman–Crippen MR) is 66.6 cm³/mol. The first-order valence-electron chi connectivity index (χ1n) is 6.32. The van der Waals surface area contributed by atoms with Crippen molar-refractivity contribution in [2.75, 3.05) is 5.75 Å². The van der Waals surface area contributed by atoms with Crippen LogP contribution >= 0.6 is 0 Å². The molecular weight excluding hydrogens is 254 g/mol. The van der Waals surface area contributed by atoms with Crippen molar-refractivity contribution >= 4 is 9.84 Å². The van der Waals surface area contributed by atoms with Gasteiger partial charge in [-0.15, -0.1) is 0 Å². The molecule has 2 rings (SSSR count). The van der Waals surface area contributed by atoms with Crippen molar-refractivity contribution in [1.82, 2.24) is 10.1 Å². The molecular formula is C11H19N3O3S. The summed E-state index contributed by atoms with van der Waals surface area (Å²) in [5.41, 5.74) is 5.81. The second kappa shape index (κ2) is 5.36. The number of rotatable bonds is 4. The lowest BCUT2D eigenvalue weighted by molar-refractivity contribution is 0.358. The summed E-state index contributed by atoms with van der Waals surface area (Å²) in [6, 6.07) is -0.0154. The van der Waals surface area contributed by atoms with E-state index >= 15 is 0 Å². The Balaban J connectivity index is 2.14. The van der Waals surface area contributed by atoms with Crippen LogP contribution in [0.15, 0.2) is 4.52 Å². The molecule has 18 heavy (non-hydrogen) atoms. The number of sulfone groups is 1. The first-order valence-corrected chi connectivity index (χ1v) is 8.04. The van der Waals surface area contributed by atoms with Gasteiger partial charge in [0.2, 0.25) is 5.89 Å². The maximum atomic E-state index is 11.9. The Morgan fingerprint density at radius 3 is 2.94 bits per heavy atom. The molecule has 102 valence electrons. The van der Waals surface area contributed by atoms with Gasteiger partial charge < -0.3 is 10.3 Å². The van der Waals surface area contributed by atoms with Gasteiger partial charge in [-0.1, -0.05) is 18.5 Å². The van der Waals surface area contributed by atoms with Crippen LogP contribution in [0.25, 0.3) is 0 Å². The molecule has 0 amide bonds. The zero-order valence-corrected chi connectivity index (χ0v) is 11.3. The Hall–Kier alpha value is -0.950. The van der Waals surface area contributed by atoms with Gasteiger partial charge in [-0.05, 0) is 19.3 Å². The average molecular weight is 273 g/mol. The van der Waals surface area contributed by atoms with Gasteiger partial charge in [0.05, 0.1) is 5.75 Å². The first-order chi connectivity index (χ1) is 8.53. The highest BCUT2D eigenvalue weighted by Crippen LogP contribution is 2.32. The van der Waals surface area contributed by atoms with Crippen LogP contribution in [0.2, 0.25) is 0 Å². The number of nitrogens with zero attached hydrogens (tertiary/aromatic N) is 2. The summed E-state index contributed by atoms with van der Waals surface area (Å²) in [5.74, 6) is 0.942. The number of hydrogen-bond acceptors (Lipinski definition) is 6. The van der Waals surface area contributed by atoms with E-state index < -0.39 is 15.1 Å². The molecule has 1 aromatic heterocycles. The molecule has 0 aromatic carbocycles. The molecule has 1 fully saturated rings. The minimum Gasteiger partial charge on any atom is -0.338 e. The third-order valence-corrected chi connectivity index (χ3v) is 5.47. The topological polar surface area (TPSA) is 99.1 Å². The van der Waals surface area contributed by atoms with E-state index in [9.17, 15) is 8.42 Å². The highest BCUT2D eigenvalue weighted by molar-refractivity contribution is 7.91. The van der Waals surface area contributed by atoms with Gasteiger partial charge in [0.15, 0.2) is 15.7 Å². The standard InChI is InChI=1S/C11H19N3O3S/c1-2-8(12)7-10-13-11(17-14-10)9-5-3-4-6-18(9,15)16/h8-9H,2-7,12H2,1H3. The third kappa shape index (κ3) is 2.89. The smallest absolute Gasteiger partial charge is 0.244 e. The summed E-state index contributed by atoms with van der Waals surface area (Å²) in [6.45, 7) is 1.98. The summed E-state index contributed by atoms with van der Waals surface area (Å²) >= 11 is 0. The Kier molecular flexibility index (Phi) is 4.01. The van der Waals surface area contributed by atoms with E-state index in [0.717, 1.165) is 19.3 Å². The maximum absolute atomic E-state index is 11.9. The van der Waals surface area contributed by atoms with Crippen LogP contribution in [0.3, 0.4) is 0 Å². The van der Waals surface area contributed by atoms with Crippen LogP contribution in [0.5, 0.6) is 0 Å². The van der Waals surface area contributed by atoms with Crippen LogP contribution in [-0.2, 0) is 16.3 Å². The fourth-order valence-electron chi connectivity index (χ4n) is 2.09. The molecule has 6 nitrogen and oxygen atoms in total. The van der Waals surface area contributed by atoms with Crippen molar-refractivity contribution in [2.45, 2.75) is 50.3 Å². The molecule has 0 bridgehead atoms. The molecule has 1 saturated heterocycles. The Labute approximate surface area is 107 Å².